The zero-order valence-electron chi connectivity index (χ0n) is 53.2. The predicted molar refractivity (Wildman–Crippen MR) is 343 cm³/mol. The van der Waals surface area contributed by atoms with Crippen LogP contribution in [0.1, 0.15) is 412 Å². The van der Waals surface area contributed by atoms with Crippen molar-refractivity contribution in [2.24, 2.45) is 0 Å². The summed E-state index contributed by atoms with van der Waals surface area (Å²) in [5.74, 6) is -0.0467. The number of ether oxygens (including phenoxy) is 1. The van der Waals surface area contributed by atoms with Crippen molar-refractivity contribution >= 4 is 11.9 Å². The lowest BCUT2D eigenvalue weighted by Crippen LogP contribution is -2.45. The summed E-state index contributed by atoms with van der Waals surface area (Å²) in [7, 11) is 0. The highest BCUT2D eigenvalue weighted by Gasteiger charge is 2.18. The fourth-order valence-electron chi connectivity index (χ4n) is 11.6. The maximum absolute atomic E-state index is 12.5. The Kier molecular flexibility index (Phi) is 66.9. The van der Waals surface area contributed by atoms with Crippen LogP contribution < -0.4 is 5.32 Å². The molecule has 6 nitrogen and oxygen atoms in total. The average Bonchev–Trinajstić information content (AvgIpc) is 3.44. The Bertz CT molecular complexity index is 1180. The molecule has 3 N–H and O–H groups in total. The Morgan fingerprint density at radius 3 is 0.872 bits per heavy atom. The van der Waals surface area contributed by atoms with Crippen LogP contribution in [0.3, 0.4) is 0 Å². The molecule has 0 fully saturated rings. The SMILES string of the molecule is CCCCCCCCCCCCCCCCCCCCC/C=C/C(O)C(CO)NC(=O)CCCCCCCCCCCCCCCCCCCCCCCOC(=O)CCCCCCCCCCCCCCCCCCCCC. The van der Waals surface area contributed by atoms with E-state index < -0.39 is 12.1 Å². The molecule has 0 heterocycles. The van der Waals surface area contributed by atoms with Crippen molar-refractivity contribution in [3.05, 3.63) is 12.2 Å². The molecule has 0 saturated heterocycles. The highest BCUT2D eigenvalue weighted by molar-refractivity contribution is 5.76. The second kappa shape index (κ2) is 68.1. The molecule has 0 saturated carbocycles. The second-order valence-corrected chi connectivity index (χ2v) is 24.9. The van der Waals surface area contributed by atoms with Crippen LogP contribution in [0, 0.1) is 0 Å². The molecule has 0 aliphatic heterocycles. The van der Waals surface area contributed by atoms with Crippen LogP contribution in [0.15, 0.2) is 12.2 Å². The molecule has 0 aromatic heterocycles. The number of unbranched alkanes of at least 4 members (excludes halogenated alkanes) is 57. The number of amides is 1. The summed E-state index contributed by atoms with van der Waals surface area (Å²) in [6.45, 7) is 4.95. The molecule has 0 aliphatic rings. The topological polar surface area (TPSA) is 95.9 Å². The predicted octanol–water partition coefficient (Wildman–Crippen LogP) is 23.1. The summed E-state index contributed by atoms with van der Waals surface area (Å²) in [5.41, 5.74) is 0. The van der Waals surface area contributed by atoms with Gasteiger partial charge >= 0.3 is 5.97 Å². The molecule has 0 radical (unpaired) electrons. The van der Waals surface area contributed by atoms with Gasteiger partial charge in [-0.05, 0) is 32.1 Å². The Morgan fingerprint density at radius 2 is 0.590 bits per heavy atom. The normalized spacial score (nSPS) is 12.5. The summed E-state index contributed by atoms with van der Waals surface area (Å²) in [5, 5.41) is 23.3. The maximum Gasteiger partial charge on any atom is 0.305 e. The van der Waals surface area contributed by atoms with Gasteiger partial charge in [0, 0.05) is 12.8 Å². The van der Waals surface area contributed by atoms with Gasteiger partial charge in [-0.25, -0.2) is 0 Å². The van der Waals surface area contributed by atoms with E-state index in [4.69, 9.17) is 4.74 Å². The molecule has 464 valence electrons. The summed E-state index contributed by atoms with van der Waals surface area (Å²) < 4.78 is 5.51. The van der Waals surface area contributed by atoms with Gasteiger partial charge in [0.2, 0.25) is 5.91 Å². The van der Waals surface area contributed by atoms with Gasteiger partial charge in [-0.15, -0.1) is 0 Å². The third-order valence-electron chi connectivity index (χ3n) is 17.1. The van der Waals surface area contributed by atoms with Gasteiger partial charge in [-0.2, -0.15) is 0 Å². The molecule has 2 atom stereocenters. The number of rotatable bonds is 68. The van der Waals surface area contributed by atoms with Gasteiger partial charge < -0.3 is 20.3 Å². The van der Waals surface area contributed by atoms with E-state index in [2.05, 4.69) is 19.2 Å². The zero-order valence-corrected chi connectivity index (χ0v) is 53.2. The van der Waals surface area contributed by atoms with E-state index in [-0.39, 0.29) is 18.5 Å². The first-order valence-corrected chi connectivity index (χ1v) is 36.0. The number of hydrogen-bond donors (Lipinski definition) is 3. The maximum atomic E-state index is 12.5. The van der Waals surface area contributed by atoms with Crippen molar-refractivity contribution in [1.29, 1.82) is 0 Å². The lowest BCUT2D eigenvalue weighted by atomic mass is 10.0. The molecule has 0 bridgehead atoms. The first kappa shape index (κ1) is 76.6. The lowest BCUT2D eigenvalue weighted by molar-refractivity contribution is -0.143. The second-order valence-electron chi connectivity index (χ2n) is 24.9. The van der Waals surface area contributed by atoms with Crippen LogP contribution in [0.4, 0.5) is 0 Å². The molecule has 6 heteroatoms. The molecule has 78 heavy (non-hydrogen) atoms. The van der Waals surface area contributed by atoms with E-state index in [1.54, 1.807) is 6.08 Å². The zero-order chi connectivity index (χ0) is 56.4. The van der Waals surface area contributed by atoms with Crippen LogP contribution in [0.2, 0.25) is 0 Å². The van der Waals surface area contributed by atoms with E-state index in [0.717, 1.165) is 38.5 Å². The van der Waals surface area contributed by atoms with Gasteiger partial charge in [0.15, 0.2) is 0 Å². The average molecular weight is 1100 g/mol. The number of carbonyl (C=O) groups is 2. The summed E-state index contributed by atoms with van der Waals surface area (Å²) in [6, 6.07) is -0.629. The summed E-state index contributed by atoms with van der Waals surface area (Å²) in [4.78, 5) is 24.6. The van der Waals surface area contributed by atoms with Crippen LogP contribution in [0.5, 0.6) is 0 Å². The van der Waals surface area contributed by atoms with Crippen molar-refractivity contribution in [3.63, 3.8) is 0 Å². The fraction of sp³-hybridized carbons (Fsp3) is 0.944. The standard InChI is InChI=1S/C72H141NO5/c1-3-5-7-9-11-13-15-17-19-21-23-25-29-32-36-40-44-48-52-56-60-64-70(75)69(68-74)73-71(76)65-61-57-53-49-45-41-37-33-30-26-24-27-31-35-39-43-47-51-55-59-63-67-78-72(77)66-62-58-54-50-46-42-38-34-28-22-20-18-16-14-12-10-8-6-4-2/h60,64,69-70,74-75H,3-59,61-63,65-68H2,1-2H3,(H,73,76)/b64-60+. The molecular weight excluding hydrogens is 959 g/mol. The first-order chi connectivity index (χ1) is 38.5. The number of allylic oxidation sites excluding steroid dienone is 1. The Morgan fingerprint density at radius 1 is 0.346 bits per heavy atom. The third kappa shape index (κ3) is 63.8. The minimum Gasteiger partial charge on any atom is -0.466 e. The molecular formula is C72H141NO5. The Hall–Kier alpha value is -1.40. The van der Waals surface area contributed by atoms with Crippen LogP contribution in [-0.2, 0) is 14.3 Å². The van der Waals surface area contributed by atoms with Gasteiger partial charge in [-0.3, -0.25) is 9.59 Å². The van der Waals surface area contributed by atoms with Crippen molar-refractivity contribution in [2.45, 2.75) is 424 Å². The quantitative estimate of drug-likeness (QED) is 0.0320. The highest BCUT2D eigenvalue weighted by atomic mass is 16.5. The van der Waals surface area contributed by atoms with E-state index in [0.29, 0.717) is 19.4 Å². The Balaban J connectivity index is 3.38. The minimum atomic E-state index is -0.846. The van der Waals surface area contributed by atoms with Gasteiger partial charge in [0.25, 0.3) is 0 Å². The molecule has 2 unspecified atom stereocenters. The number of aliphatic hydroxyl groups is 2. The van der Waals surface area contributed by atoms with Gasteiger partial charge in [0.1, 0.15) is 0 Å². The molecule has 1 amide bonds. The molecule has 0 rings (SSSR count). The van der Waals surface area contributed by atoms with Crippen molar-refractivity contribution in [1.82, 2.24) is 5.32 Å². The summed E-state index contributed by atoms with van der Waals surface area (Å²) >= 11 is 0. The minimum absolute atomic E-state index is 0.0175. The molecule has 0 spiro atoms. The van der Waals surface area contributed by atoms with Crippen molar-refractivity contribution in [2.75, 3.05) is 13.2 Å². The fourth-order valence-corrected chi connectivity index (χ4v) is 11.6. The van der Waals surface area contributed by atoms with Gasteiger partial charge in [-0.1, -0.05) is 379 Å². The smallest absolute Gasteiger partial charge is 0.305 e. The number of nitrogens with one attached hydrogen (secondary N) is 1. The van der Waals surface area contributed by atoms with Crippen LogP contribution >= 0.6 is 0 Å². The molecule has 0 aliphatic carbocycles. The van der Waals surface area contributed by atoms with E-state index in [9.17, 15) is 19.8 Å². The van der Waals surface area contributed by atoms with E-state index >= 15 is 0 Å². The monoisotopic (exact) mass is 1100 g/mol. The van der Waals surface area contributed by atoms with Gasteiger partial charge in [0.05, 0.1) is 25.4 Å². The van der Waals surface area contributed by atoms with Crippen molar-refractivity contribution < 1.29 is 24.5 Å². The highest BCUT2D eigenvalue weighted by Crippen LogP contribution is 2.19. The van der Waals surface area contributed by atoms with E-state index in [1.165, 1.54) is 347 Å². The number of esters is 1. The third-order valence-corrected chi connectivity index (χ3v) is 17.1. The molecule has 0 aromatic rings. The van der Waals surface area contributed by atoms with Crippen LogP contribution in [0.25, 0.3) is 0 Å². The lowest BCUT2D eigenvalue weighted by Gasteiger charge is -2.20. The largest absolute Gasteiger partial charge is 0.466 e. The number of carbonyl (C=O) groups excluding carboxylic acids is 2. The van der Waals surface area contributed by atoms with E-state index in [1.807, 2.05) is 6.08 Å². The number of aliphatic hydroxyl groups excluding tert-OH is 2. The summed E-state index contributed by atoms with van der Waals surface area (Å²) in [6.07, 6.45) is 84.3. The molecule has 0 aromatic carbocycles. The number of hydrogen-bond acceptors (Lipinski definition) is 5. The van der Waals surface area contributed by atoms with Crippen molar-refractivity contribution in [3.8, 4) is 0 Å². The first-order valence-electron chi connectivity index (χ1n) is 36.0. The van der Waals surface area contributed by atoms with Crippen LogP contribution in [-0.4, -0.2) is 47.4 Å². The Labute approximate surface area is 489 Å².